The van der Waals surface area contributed by atoms with E-state index in [1.165, 1.54) is 18.0 Å². The number of ether oxygens (including phenoxy) is 1. The summed E-state index contributed by atoms with van der Waals surface area (Å²) in [6, 6.07) is 17.3. The number of amides is 1. The lowest BCUT2D eigenvalue weighted by Gasteiger charge is -2.17. The third kappa shape index (κ3) is 5.52. The highest BCUT2D eigenvalue weighted by molar-refractivity contribution is 9.10. The summed E-state index contributed by atoms with van der Waals surface area (Å²) >= 11 is 4.81. The zero-order valence-corrected chi connectivity index (χ0v) is 19.1. The Labute approximate surface area is 188 Å². The van der Waals surface area contributed by atoms with Crippen LogP contribution in [0.5, 0.6) is 0 Å². The lowest BCUT2D eigenvalue weighted by atomic mass is 10.1. The number of carbonyl (C=O) groups excluding carboxylic acids is 2. The molecule has 3 rings (SSSR count). The van der Waals surface area contributed by atoms with Crippen LogP contribution in [-0.2, 0) is 9.53 Å². The van der Waals surface area contributed by atoms with Gasteiger partial charge in [-0.3, -0.25) is 4.79 Å². The Balaban J connectivity index is 1.81. The second kappa shape index (κ2) is 10.4. The Kier molecular flexibility index (Phi) is 7.70. The monoisotopic (exact) mass is 487 g/mol. The summed E-state index contributed by atoms with van der Waals surface area (Å²) in [5, 5.41) is 7.23. The molecule has 1 heterocycles. The number of carbonyl (C=O) groups is 2. The second-order valence-corrected chi connectivity index (χ2v) is 8.41. The number of aromatic nitrogens is 2. The molecule has 8 heteroatoms. The van der Waals surface area contributed by atoms with Gasteiger partial charge in [-0.2, -0.15) is 5.10 Å². The summed E-state index contributed by atoms with van der Waals surface area (Å²) in [6.45, 7) is 3.94. The van der Waals surface area contributed by atoms with Crippen molar-refractivity contribution in [2.45, 2.75) is 24.8 Å². The molecule has 0 saturated carbocycles. The molecule has 1 unspecified atom stereocenters. The largest absolute Gasteiger partial charge is 0.462 e. The molecular formula is C22H22BrN3O3S. The molecule has 0 spiro atoms. The number of esters is 1. The van der Waals surface area contributed by atoms with Gasteiger partial charge in [0.2, 0.25) is 5.91 Å². The van der Waals surface area contributed by atoms with Crippen molar-refractivity contribution in [2.75, 3.05) is 17.7 Å². The molecule has 0 aliphatic heterocycles. The fourth-order valence-corrected chi connectivity index (χ4v) is 3.82. The van der Waals surface area contributed by atoms with Crippen LogP contribution in [-0.4, -0.2) is 34.0 Å². The van der Waals surface area contributed by atoms with Crippen molar-refractivity contribution < 1.29 is 14.3 Å². The lowest BCUT2D eigenvalue weighted by Crippen LogP contribution is -2.21. The van der Waals surface area contributed by atoms with Crippen LogP contribution < -0.4 is 5.32 Å². The van der Waals surface area contributed by atoms with Crippen LogP contribution in [0.1, 0.15) is 35.8 Å². The molecule has 1 N–H and O–H groups in total. The number of hydrogen-bond acceptors (Lipinski definition) is 5. The van der Waals surface area contributed by atoms with Crippen LogP contribution in [0.3, 0.4) is 0 Å². The minimum absolute atomic E-state index is 0.177. The minimum Gasteiger partial charge on any atom is -0.462 e. The van der Waals surface area contributed by atoms with E-state index in [0.717, 1.165) is 14.9 Å². The van der Waals surface area contributed by atoms with E-state index in [9.17, 15) is 9.59 Å². The Hall–Kier alpha value is -2.58. The fourth-order valence-electron chi connectivity index (χ4n) is 2.86. The van der Waals surface area contributed by atoms with Gasteiger partial charge in [-0.1, -0.05) is 46.3 Å². The topological polar surface area (TPSA) is 73.2 Å². The maximum absolute atomic E-state index is 12.7. The molecule has 1 aromatic heterocycles. The zero-order chi connectivity index (χ0) is 21.5. The SMILES string of the molecule is CCOC(=O)c1cnn(C(C)c2ccccc2)c1NC(=O)CSc1ccc(Br)cc1. The smallest absolute Gasteiger partial charge is 0.343 e. The van der Waals surface area contributed by atoms with Crippen LogP contribution in [0, 0.1) is 0 Å². The number of anilines is 1. The summed E-state index contributed by atoms with van der Waals surface area (Å²) < 4.78 is 7.76. The van der Waals surface area contributed by atoms with Gasteiger partial charge in [-0.25, -0.2) is 9.48 Å². The van der Waals surface area contributed by atoms with Gasteiger partial charge in [-0.05, 0) is 43.7 Å². The van der Waals surface area contributed by atoms with Crippen LogP contribution in [0.15, 0.2) is 70.2 Å². The summed E-state index contributed by atoms with van der Waals surface area (Å²) in [6.07, 6.45) is 1.44. The molecule has 6 nitrogen and oxygen atoms in total. The number of rotatable bonds is 8. The Morgan fingerprint density at radius 3 is 2.53 bits per heavy atom. The summed E-state index contributed by atoms with van der Waals surface area (Å²) in [7, 11) is 0. The first-order chi connectivity index (χ1) is 14.5. The van der Waals surface area contributed by atoms with Gasteiger partial charge in [0.05, 0.1) is 24.6 Å². The number of nitrogens with one attached hydrogen (secondary N) is 1. The maximum Gasteiger partial charge on any atom is 0.343 e. The van der Waals surface area contributed by atoms with Crippen molar-refractivity contribution in [3.05, 3.63) is 76.4 Å². The van der Waals surface area contributed by atoms with Gasteiger partial charge in [0.25, 0.3) is 0 Å². The number of nitrogens with zero attached hydrogens (tertiary/aromatic N) is 2. The molecule has 0 bridgehead atoms. The maximum atomic E-state index is 12.7. The first-order valence-corrected chi connectivity index (χ1v) is 11.2. The van der Waals surface area contributed by atoms with Crippen LogP contribution in [0.4, 0.5) is 5.82 Å². The van der Waals surface area contributed by atoms with E-state index in [0.29, 0.717) is 5.82 Å². The molecule has 156 valence electrons. The standard InChI is InChI=1S/C22H22BrN3O3S/c1-3-29-22(28)19-13-24-26(15(2)16-7-5-4-6-8-16)21(19)25-20(27)14-30-18-11-9-17(23)10-12-18/h4-13,15H,3,14H2,1-2H3,(H,25,27). The Morgan fingerprint density at radius 1 is 1.17 bits per heavy atom. The zero-order valence-electron chi connectivity index (χ0n) is 16.7. The third-order valence-electron chi connectivity index (χ3n) is 4.38. The Morgan fingerprint density at radius 2 is 1.87 bits per heavy atom. The number of thioether (sulfide) groups is 1. The van der Waals surface area contributed by atoms with Crippen molar-refractivity contribution >= 4 is 45.4 Å². The van der Waals surface area contributed by atoms with E-state index in [2.05, 4.69) is 26.3 Å². The molecule has 1 atom stereocenters. The molecular weight excluding hydrogens is 466 g/mol. The number of halogens is 1. The highest BCUT2D eigenvalue weighted by Gasteiger charge is 2.23. The highest BCUT2D eigenvalue weighted by atomic mass is 79.9. The number of hydrogen-bond donors (Lipinski definition) is 1. The van der Waals surface area contributed by atoms with Gasteiger partial charge in [0.15, 0.2) is 0 Å². The van der Waals surface area contributed by atoms with Crippen molar-refractivity contribution in [3.8, 4) is 0 Å². The predicted octanol–water partition coefficient (Wildman–Crippen LogP) is 5.16. The molecule has 30 heavy (non-hydrogen) atoms. The van der Waals surface area contributed by atoms with Crippen molar-refractivity contribution in [2.24, 2.45) is 0 Å². The van der Waals surface area contributed by atoms with Gasteiger partial charge in [-0.15, -0.1) is 11.8 Å². The van der Waals surface area contributed by atoms with Crippen molar-refractivity contribution in [1.82, 2.24) is 9.78 Å². The predicted molar refractivity (Wildman–Crippen MR) is 122 cm³/mol. The summed E-state index contributed by atoms with van der Waals surface area (Å²) in [5.74, 6) is -0.198. The van der Waals surface area contributed by atoms with Gasteiger partial charge in [0, 0.05) is 9.37 Å². The quantitative estimate of drug-likeness (QED) is 0.350. The van der Waals surface area contributed by atoms with E-state index in [4.69, 9.17) is 4.74 Å². The van der Waals surface area contributed by atoms with Gasteiger partial charge >= 0.3 is 5.97 Å². The lowest BCUT2D eigenvalue weighted by molar-refractivity contribution is -0.113. The van der Waals surface area contributed by atoms with E-state index < -0.39 is 5.97 Å². The highest BCUT2D eigenvalue weighted by Crippen LogP contribution is 2.26. The van der Waals surface area contributed by atoms with Crippen LogP contribution in [0.2, 0.25) is 0 Å². The average Bonchev–Trinajstić information content (AvgIpc) is 3.17. The molecule has 0 aliphatic rings. The number of benzene rings is 2. The molecule has 0 radical (unpaired) electrons. The van der Waals surface area contributed by atoms with Crippen molar-refractivity contribution in [3.63, 3.8) is 0 Å². The van der Waals surface area contributed by atoms with E-state index >= 15 is 0 Å². The average molecular weight is 488 g/mol. The van der Waals surface area contributed by atoms with E-state index in [-0.39, 0.29) is 29.9 Å². The molecule has 2 aromatic carbocycles. The summed E-state index contributed by atoms with van der Waals surface area (Å²) in [5.41, 5.74) is 1.25. The fraction of sp³-hybridized carbons (Fsp3) is 0.227. The Bertz CT molecular complexity index is 1010. The minimum atomic E-state index is -0.514. The molecule has 3 aromatic rings. The van der Waals surface area contributed by atoms with E-state index in [1.807, 2.05) is 61.5 Å². The van der Waals surface area contributed by atoms with Crippen LogP contribution >= 0.6 is 27.7 Å². The molecule has 0 saturated heterocycles. The van der Waals surface area contributed by atoms with Gasteiger partial charge in [0.1, 0.15) is 11.4 Å². The third-order valence-corrected chi connectivity index (χ3v) is 5.92. The first-order valence-electron chi connectivity index (χ1n) is 9.47. The molecule has 0 aliphatic carbocycles. The van der Waals surface area contributed by atoms with Gasteiger partial charge < -0.3 is 10.1 Å². The molecule has 0 fully saturated rings. The van der Waals surface area contributed by atoms with E-state index in [1.54, 1.807) is 11.6 Å². The second-order valence-electron chi connectivity index (χ2n) is 6.45. The summed E-state index contributed by atoms with van der Waals surface area (Å²) in [4.78, 5) is 26.0. The van der Waals surface area contributed by atoms with Crippen LogP contribution in [0.25, 0.3) is 0 Å². The molecule has 1 amide bonds. The van der Waals surface area contributed by atoms with Crippen molar-refractivity contribution in [1.29, 1.82) is 0 Å². The first kappa shape index (κ1) is 22.1. The normalized spacial score (nSPS) is 11.7.